The van der Waals surface area contributed by atoms with Crippen molar-refractivity contribution in [1.29, 1.82) is 0 Å². The number of hydrogen-bond acceptors (Lipinski definition) is 3. The number of nitrogens with one attached hydrogen (secondary N) is 1. The van der Waals surface area contributed by atoms with Crippen molar-refractivity contribution < 1.29 is 14.3 Å². The molecule has 0 radical (unpaired) electrons. The lowest BCUT2D eigenvalue weighted by Gasteiger charge is -2.29. The molecular formula is C16H24N2O3. The first-order chi connectivity index (χ1) is 9.86. The molecular weight excluding hydrogens is 268 g/mol. The fourth-order valence-corrected chi connectivity index (χ4v) is 2.18. The summed E-state index contributed by atoms with van der Waals surface area (Å²) in [6.45, 7) is 7.91. The zero-order chi connectivity index (χ0) is 16.0. The van der Waals surface area contributed by atoms with E-state index < -0.39 is 11.8 Å². The maximum absolute atomic E-state index is 12.1. The minimum Gasteiger partial charge on any atom is -0.497 e. The topological polar surface area (TPSA) is 58.6 Å². The number of carbonyl (C=O) groups excluding carboxylic acids is 2. The average molecular weight is 292 g/mol. The molecule has 1 aromatic carbocycles. The van der Waals surface area contributed by atoms with Gasteiger partial charge in [0.25, 0.3) is 0 Å². The highest BCUT2D eigenvalue weighted by molar-refractivity contribution is 6.35. The molecule has 1 N–H and O–H groups in total. The second-order valence-corrected chi connectivity index (χ2v) is 5.43. The molecule has 0 heterocycles. The van der Waals surface area contributed by atoms with Crippen LogP contribution >= 0.6 is 0 Å². The van der Waals surface area contributed by atoms with E-state index in [9.17, 15) is 9.59 Å². The van der Waals surface area contributed by atoms with Crippen LogP contribution < -0.4 is 10.1 Å². The molecule has 116 valence electrons. The van der Waals surface area contributed by atoms with E-state index in [2.05, 4.69) is 5.32 Å². The van der Waals surface area contributed by atoms with Gasteiger partial charge < -0.3 is 15.0 Å². The monoisotopic (exact) mass is 292 g/mol. The first kappa shape index (κ1) is 17.0. The van der Waals surface area contributed by atoms with E-state index in [1.807, 2.05) is 52.0 Å². The van der Waals surface area contributed by atoms with Gasteiger partial charge in [-0.3, -0.25) is 9.59 Å². The van der Waals surface area contributed by atoms with Crippen molar-refractivity contribution in [2.45, 2.75) is 46.3 Å². The Morgan fingerprint density at radius 3 is 2.05 bits per heavy atom. The van der Waals surface area contributed by atoms with Crippen LogP contribution in [0.25, 0.3) is 0 Å². The van der Waals surface area contributed by atoms with Crippen LogP contribution in [-0.2, 0) is 16.1 Å². The molecule has 0 aliphatic carbocycles. The third-order valence-corrected chi connectivity index (χ3v) is 3.15. The number of carbonyl (C=O) groups is 2. The lowest BCUT2D eigenvalue weighted by atomic mass is 10.2. The van der Waals surface area contributed by atoms with E-state index in [-0.39, 0.29) is 12.1 Å². The fraction of sp³-hybridized carbons (Fsp3) is 0.500. The quantitative estimate of drug-likeness (QED) is 0.844. The van der Waals surface area contributed by atoms with Crippen LogP contribution in [0.4, 0.5) is 0 Å². The molecule has 0 aliphatic heterocycles. The van der Waals surface area contributed by atoms with Gasteiger partial charge in [-0.25, -0.2) is 0 Å². The molecule has 5 heteroatoms. The lowest BCUT2D eigenvalue weighted by molar-refractivity contribution is -0.148. The van der Waals surface area contributed by atoms with Crippen molar-refractivity contribution in [1.82, 2.24) is 10.2 Å². The summed E-state index contributed by atoms with van der Waals surface area (Å²) in [6, 6.07) is 7.32. The van der Waals surface area contributed by atoms with E-state index in [0.29, 0.717) is 6.54 Å². The third-order valence-electron chi connectivity index (χ3n) is 3.15. The third kappa shape index (κ3) is 4.77. The molecule has 21 heavy (non-hydrogen) atoms. The standard InChI is InChI=1S/C16H24N2O3/c1-11(2)18(12(3)4)16(20)15(19)17-10-13-6-8-14(21-5)9-7-13/h6-9,11-12H,10H2,1-5H3,(H,17,19). The highest BCUT2D eigenvalue weighted by atomic mass is 16.5. The van der Waals surface area contributed by atoms with Gasteiger partial charge in [0.2, 0.25) is 0 Å². The number of ether oxygens (including phenoxy) is 1. The summed E-state index contributed by atoms with van der Waals surface area (Å²) in [5, 5.41) is 2.66. The van der Waals surface area contributed by atoms with Crippen molar-refractivity contribution in [3.05, 3.63) is 29.8 Å². The van der Waals surface area contributed by atoms with E-state index in [1.165, 1.54) is 0 Å². The summed E-state index contributed by atoms with van der Waals surface area (Å²) in [6.07, 6.45) is 0. The van der Waals surface area contributed by atoms with Crippen LogP contribution in [0.15, 0.2) is 24.3 Å². The molecule has 1 rings (SSSR count). The van der Waals surface area contributed by atoms with Crippen LogP contribution in [0.3, 0.4) is 0 Å². The Morgan fingerprint density at radius 2 is 1.62 bits per heavy atom. The second-order valence-electron chi connectivity index (χ2n) is 5.43. The van der Waals surface area contributed by atoms with E-state index >= 15 is 0 Å². The zero-order valence-corrected chi connectivity index (χ0v) is 13.3. The van der Waals surface area contributed by atoms with Crippen molar-refractivity contribution in [3.8, 4) is 5.75 Å². The Bertz CT molecular complexity index is 473. The number of amides is 2. The minimum atomic E-state index is -0.576. The summed E-state index contributed by atoms with van der Waals surface area (Å²) in [5.74, 6) is -0.311. The summed E-state index contributed by atoms with van der Waals surface area (Å²) in [5.41, 5.74) is 0.914. The van der Waals surface area contributed by atoms with Crippen LogP contribution in [-0.4, -0.2) is 35.9 Å². The van der Waals surface area contributed by atoms with Gasteiger partial charge in [0.15, 0.2) is 0 Å². The van der Waals surface area contributed by atoms with Gasteiger partial charge in [0.1, 0.15) is 5.75 Å². The second kappa shape index (κ2) is 7.67. The highest BCUT2D eigenvalue weighted by Gasteiger charge is 2.25. The molecule has 0 unspecified atom stereocenters. The van der Waals surface area contributed by atoms with Crippen molar-refractivity contribution in [2.24, 2.45) is 0 Å². The SMILES string of the molecule is COc1ccc(CNC(=O)C(=O)N(C(C)C)C(C)C)cc1. The lowest BCUT2D eigenvalue weighted by Crippen LogP contribution is -2.49. The number of methoxy groups -OCH3 is 1. The van der Waals surface area contributed by atoms with Crippen LogP contribution in [0.5, 0.6) is 5.75 Å². The molecule has 0 bridgehead atoms. The average Bonchev–Trinajstić information content (AvgIpc) is 2.44. The highest BCUT2D eigenvalue weighted by Crippen LogP contribution is 2.11. The molecule has 0 atom stereocenters. The maximum Gasteiger partial charge on any atom is 0.312 e. The molecule has 0 aliphatic rings. The van der Waals surface area contributed by atoms with Crippen molar-refractivity contribution >= 4 is 11.8 Å². The first-order valence-electron chi connectivity index (χ1n) is 7.10. The molecule has 0 aromatic heterocycles. The number of rotatable bonds is 5. The molecule has 0 saturated heterocycles. The molecule has 5 nitrogen and oxygen atoms in total. The summed E-state index contributed by atoms with van der Waals surface area (Å²) in [7, 11) is 1.60. The molecule has 1 aromatic rings. The molecule has 0 spiro atoms. The van der Waals surface area contributed by atoms with Crippen LogP contribution in [0.2, 0.25) is 0 Å². The normalized spacial score (nSPS) is 10.6. The Labute approximate surface area is 126 Å². The summed E-state index contributed by atoms with van der Waals surface area (Å²) in [4.78, 5) is 25.7. The smallest absolute Gasteiger partial charge is 0.312 e. The minimum absolute atomic E-state index is 0.00997. The van der Waals surface area contributed by atoms with Gasteiger partial charge in [-0.1, -0.05) is 12.1 Å². The summed E-state index contributed by atoms with van der Waals surface area (Å²) >= 11 is 0. The van der Waals surface area contributed by atoms with Gasteiger partial charge in [-0.2, -0.15) is 0 Å². The number of nitrogens with zero attached hydrogens (tertiary/aromatic N) is 1. The van der Waals surface area contributed by atoms with Crippen molar-refractivity contribution in [2.75, 3.05) is 7.11 Å². The van der Waals surface area contributed by atoms with Crippen LogP contribution in [0.1, 0.15) is 33.3 Å². The van der Waals surface area contributed by atoms with Crippen molar-refractivity contribution in [3.63, 3.8) is 0 Å². The maximum atomic E-state index is 12.1. The molecule has 2 amide bonds. The summed E-state index contributed by atoms with van der Waals surface area (Å²) < 4.78 is 5.07. The van der Waals surface area contributed by atoms with Gasteiger partial charge in [-0.15, -0.1) is 0 Å². The predicted molar refractivity (Wildman–Crippen MR) is 82.0 cm³/mol. The van der Waals surface area contributed by atoms with Gasteiger partial charge in [0, 0.05) is 18.6 Å². The Morgan fingerprint density at radius 1 is 1.10 bits per heavy atom. The Hall–Kier alpha value is -2.04. The van der Waals surface area contributed by atoms with Crippen LogP contribution in [0, 0.1) is 0 Å². The van der Waals surface area contributed by atoms with E-state index in [1.54, 1.807) is 12.0 Å². The van der Waals surface area contributed by atoms with E-state index in [0.717, 1.165) is 11.3 Å². The number of hydrogen-bond donors (Lipinski definition) is 1. The molecule has 0 fully saturated rings. The van der Waals surface area contributed by atoms with E-state index in [4.69, 9.17) is 4.74 Å². The first-order valence-corrected chi connectivity index (χ1v) is 7.10. The molecule has 0 saturated carbocycles. The predicted octanol–water partition coefficient (Wildman–Crippen LogP) is 1.96. The Kier molecular flexibility index (Phi) is 6.21. The number of benzene rings is 1. The Balaban J connectivity index is 2.61. The van der Waals surface area contributed by atoms with Gasteiger partial charge >= 0.3 is 11.8 Å². The van der Waals surface area contributed by atoms with Gasteiger partial charge in [-0.05, 0) is 45.4 Å². The largest absolute Gasteiger partial charge is 0.497 e. The fourth-order valence-electron chi connectivity index (χ4n) is 2.18. The zero-order valence-electron chi connectivity index (χ0n) is 13.3. The van der Waals surface area contributed by atoms with Gasteiger partial charge in [0.05, 0.1) is 7.11 Å².